The lowest BCUT2D eigenvalue weighted by Gasteiger charge is -2.31. The summed E-state index contributed by atoms with van der Waals surface area (Å²) in [7, 11) is 3.64. The second-order valence-electron chi connectivity index (χ2n) is 2.81. The van der Waals surface area contributed by atoms with Crippen LogP contribution in [0, 0.1) is 0 Å². The molecule has 1 rings (SSSR count). The second kappa shape index (κ2) is 3.69. The van der Waals surface area contributed by atoms with Crippen LogP contribution in [0.4, 0.5) is 0 Å². The van der Waals surface area contributed by atoms with Gasteiger partial charge in [0.2, 0.25) is 5.91 Å². The highest BCUT2D eigenvalue weighted by Gasteiger charge is 2.24. The zero-order chi connectivity index (χ0) is 8.27. The lowest BCUT2D eigenvalue weighted by Crippen LogP contribution is -2.55. The average Bonchev–Trinajstić information content (AvgIpc) is 2.04. The monoisotopic (exact) mass is 157 g/mol. The van der Waals surface area contributed by atoms with Crippen molar-refractivity contribution in [2.24, 2.45) is 0 Å². The van der Waals surface area contributed by atoms with Gasteiger partial charge in [-0.25, -0.2) is 0 Å². The normalized spacial score (nSPS) is 26.5. The van der Waals surface area contributed by atoms with Gasteiger partial charge in [0, 0.05) is 26.7 Å². The molecule has 1 fully saturated rings. The maximum Gasteiger partial charge on any atom is 0.238 e. The fraction of sp³-hybridized carbons (Fsp3) is 0.857. The Morgan fingerprint density at radius 1 is 1.73 bits per heavy atom. The molecule has 1 saturated heterocycles. The first-order valence-corrected chi connectivity index (χ1v) is 3.88. The van der Waals surface area contributed by atoms with E-state index >= 15 is 0 Å². The quantitative estimate of drug-likeness (QED) is 0.494. The van der Waals surface area contributed by atoms with E-state index in [0.29, 0.717) is 0 Å². The minimum Gasteiger partial charge on any atom is -0.358 e. The van der Waals surface area contributed by atoms with Gasteiger partial charge in [-0.3, -0.25) is 9.69 Å². The third-order valence-electron chi connectivity index (χ3n) is 2.06. The molecule has 0 saturated carbocycles. The molecular formula is C7H15N3O. The Hall–Kier alpha value is -0.610. The van der Waals surface area contributed by atoms with Gasteiger partial charge in [-0.2, -0.15) is 0 Å². The zero-order valence-electron chi connectivity index (χ0n) is 7.05. The molecule has 0 radical (unpaired) electrons. The molecule has 1 heterocycles. The summed E-state index contributed by atoms with van der Waals surface area (Å²) in [5.74, 6) is 0.0969. The molecule has 1 aliphatic heterocycles. The SMILES string of the molecule is CNC(=O)C1CNCCN1C. The molecule has 1 atom stereocenters. The fourth-order valence-electron chi connectivity index (χ4n) is 1.27. The predicted octanol–water partition coefficient (Wildman–Crippen LogP) is -1.36. The number of hydrogen-bond donors (Lipinski definition) is 2. The van der Waals surface area contributed by atoms with E-state index in [1.54, 1.807) is 7.05 Å². The van der Waals surface area contributed by atoms with E-state index in [1.807, 2.05) is 7.05 Å². The van der Waals surface area contributed by atoms with Gasteiger partial charge < -0.3 is 10.6 Å². The molecule has 1 amide bonds. The van der Waals surface area contributed by atoms with Crippen LogP contribution in [0.2, 0.25) is 0 Å². The third kappa shape index (κ3) is 1.91. The maximum absolute atomic E-state index is 11.2. The summed E-state index contributed by atoms with van der Waals surface area (Å²) in [5, 5.41) is 5.82. The number of nitrogens with one attached hydrogen (secondary N) is 2. The van der Waals surface area contributed by atoms with E-state index in [9.17, 15) is 4.79 Å². The molecule has 2 N–H and O–H groups in total. The molecule has 0 aliphatic carbocycles. The van der Waals surface area contributed by atoms with Crippen molar-refractivity contribution in [3.63, 3.8) is 0 Å². The minimum atomic E-state index is 0.00810. The van der Waals surface area contributed by atoms with Crippen molar-refractivity contribution < 1.29 is 4.79 Å². The van der Waals surface area contributed by atoms with Crippen LogP contribution in [0.15, 0.2) is 0 Å². The van der Waals surface area contributed by atoms with Gasteiger partial charge in [0.15, 0.2) is 0 Å². The van der Waals surface area contributed by atoms with Crippen molar-refractivity contribution >= 4 is 5.91 Å². The van der Waals surface area contributed by atoms with Crippen molar-refractivity contribution in [3.8, 4) is 0 Å². The summed E-state index contributed by atoms with van der Waals surface area (Å²) >= 11 is 0. The number of nitrogens with zero attached hydrogens (tertiary/aromatic N) is 1. The van der Waals surface area contributed by atoms with Crippen LogP contribution in [-0.2, 0) is 4.79 Å². The summed E-state index contributed by atoms with van der Waals surface area (Å²) < 4.78 is 0. The molecule has 1 unspecified atom stereocenters. The maximum atomic E-state index is 11.2. The Morgan fingerprint density at radius 2 is 2.45 bits per heavy atom. The Balaban J connectivity index is 2.47. The van der Waals surface area contributed by atoms with E-state index in [0.717, 1.165) is 19.6 Å². The summed E-state index contributed by atoms with van der Waals surface area (Å²) in [6.45, 7) is 2.68. The van der Waals surface area contributed by atoms with Crippen molar-refractivity contribution in [2.45, 2.75) is 6.04 Å². The smallest absolute Gasteiger partial charge is 0.238 e. The Morgan fingerprint density at radius 3 is 3.00 bits per heavy atom. The first-order valence-electron chi connectivity index (χ1n) is 3.88. The van der Waals surface area contributed by atoms with Gasteiger partial charge >= 0.3 is 0 Å². The highest BCUT2D eigenvalue weighted by Crippen LogP contribution is 1.98. The first kappa shape index (κ1) is 8.49. The number of carbonyl (C=O) groups is 1. The van der Waals surface area contributed by atoms with Crippen molar-refractivity contribution in [2.75, 3.05) is 33.7 Å². The largest absolute Gasteiger partial charge is 0.358 e. The summed E-state index contributed by atoms with van der Waals surface area (Å²) in [5.41, 5.74) is 0. The molecule has 11 heavy (non-hydrogen) atoms. The molecule has 4 heteroatoms. The van der Waals surface area contributed by atoms with E-state index in [2.05, 4.69) is 15.5 Å². The van der Waals surface area contributed by atoms with Crippen LogP contribution in [0.1, 0.15) is 0 Å². The number of rotatable bonds is 1. The molecule has 1 aliphatic rings. The number of amides is 1. The van der Waals surface area contributed by atoms with E-state index in [4.69, 9.17) is 0 Å². The van der Waals surface area contributed by atoms with Crippen LogP contribution >= 0.6 is 0 Å². The van der Waals surface area contributed by atoms with Crippen LogP contribution in [0.3, 0.4) is 0 Å². The van der Waals surface area contributed by atoms with Gasteiger partial charge in [-0.15, -0.1) is 0 Å². The van der Waals surface area contributed by atoms with Crippen LogP contribution in [-0.4, -0.2) is 50.6 Å². The van der Waals surface area contributed by atoms with Gasteiger partial charge in [-0.1, -0.05) is 0 Å². The summed E-state index contributed by atoms with van der Waals surface area (Å²) in [6, 6.07) is 0.00810. The minimum absolute atomic E-state index is 0.00810. The molecular weight excluding hydrogens is 142 g/mol. The average molecular weight is 157 g/mol. The molecule has 0 aromatic heterocycles. The van der Waals surface area contributed by atoms with Crippen LogP contribution in [0.25, 0.3) is 0 Å². The summed E-state index contributed by atoms with van der Waals surface area (Å²) in [4.78, 5) is 13.2. The molecule has 0 aromatic carbocycles. The third-order valence-corrected chi connectivity index (χ3v) is 2.06. The molecule has 0 bridgehead atoms. The highest BCUT2D eigenvalue weighted by molar-refractivity contribution is 5.81. The Bertz CT molecular complexity index is 149. The molecule has 64 valence electrons. The first-order chi connectivity index (χ1) is 5.25. The van der Waals surface area contributed by atoms with Crippen LogP contribution < -0.4 is 10.6 Å². The highest BCUT2D eigenvalue weighted by atomic mass is 16.2. The Labute approximate surface area is 66.9 Å². The zero-order valence-corrected chi connectivity index (χ0v) is 7.05. The summed E-state index contributed by atoms with van der Waals surface area (Å²) in [6.07, 6.45) is 0. The number of hydrogen-bond acceptors (Lipinski definition) is 3. The molecule has 4 nitrogen and oxygen atoms in total. The van der Waals surface area contributed by atoms with E-state index < -0.39 is 0 Å². The Kier molecular flexibility index (Phi) is 2.84. The van der Waals surface area contributed by atoms with Crippen molar-refractivity contribution in [1.29, 1.82) is 0 Å². The lowest BCUT2D eigenvalue weighted by atomic mass is 10.2. The number of piperazine rings is 1. The number of likely N-dealkylation sites (N-methyl/N-ethyl adjacent to an activating group) is 2. The van der Waals surface area contributed by atoms with Gasteiger partial charge in [0.25, 0.3) is 0 Å². The van der Waals surface area contributed by atoms with Crippen molar-refractivity contribution in [1.82, 2.24) is 15.5 Å². The van der Waals surface area contributed by atoms with Crippen molar-refractivity contribution in [3.05, 3.63) is 0 Å². The lowest BCUT2D eigenvalue weighted by molar-refractivity contribution is -0.125. The van der Waals surface area contributed by atoms with E-state index in [1.165, 1.54) is 0 Å². The van der Waals surface area contributed by atoms with Gasteiger partial charge in [0.1, 0.15) is 6.04 Å². The molecule has 0 aromatic rings. The van der Waals surface area contributed by atoms with E-state index in [-0.39, 0.29) is 11.9 Å². The number of carbonyl (C=O) groups excluding carboxylic acids is 1. The van der Waals surface area contributed by atoms with Crippen LogP contribution in [0.5, 0.6) is 0 Å². The molecule has 0 spiro atoms. The van der Waals surface area contributed by atoms with Gasteiger partial charge in [0.05, 0.1) is 0 Å². The fourth-order valence-corrected chi connectivity index (χ4v) is 1.27. The standard InChI is InChI=1S/C7H15N3O/c1-8-7(11)6-5-9-3-4-10(6)2/h6,9H,3-5H2,1-2H3,(H,8,11). The predicted molar refractivity (Wildman–Crippen MR) is 43.4 cm³/mol. The second-order valence-corrected chi connectivity index (χ2v) is 2.81. The topological polar surface area (TPSA) is 44.4 Å². The van der Waals surface area contributed by atoms with Gasteiger partial charge in [-0.05, 0) is 7.05 Å².